The number of halogens is 1. The Morgan fingerprint density at radius 2 is 2.35 bits per heavy atom. The van der Waals surface area contributed by atoms with Gasteiger partial charge < -0.3 is 5.32 Å². The lowest BCUT2D eigenvalue weighted by atomic mass is 10.2. The fraction of sp³-hybridized carbons (Fsp3) is 0.308. The first-order valence-electron chi connectivity index (χ1n) is 6.17. The first-order valence-corrected chi connectivity index (χ1v) is 7.70. The molecule has 0 aliphatic carbocycles. The van der Waals surface area contributed by atoms with Gasteiger partial charge in [-0.05, 0) is 17.7 Å². The van der Waals surface area contributed by atoms with Crippen molar-refractivity contribution in [2.24, 2.45) is 0 Å². The van der Waals surface area contributed by atoms with E-state index < -0.39 is 0 Å². The fourth-order valence-electron chi connectivity index (χ4n) is 1.61. The summed E-state index contributed by atoms with van der Waals surface area (Å²) in [6.45, 7) is 0.561. The van der Waals surface area contributed by atoms with Crippen molar-refractivity contribution >= 4 is 29.3 Å². The quantitative estimate of drug-likeness (QED) is 0.821. The molecule has 2 N–H and O–H groups in total. The molecule has 0 bridgehead atoms. The van der Waals surface area contributed by atoms with Crippen molar-refractivity contribution in [3.8, 4) is 0 Å². The maximum Gasteiger partial charge on any atom is 0.230 e. The summed E-state index contributed by atoms with van der Waals surface area (Å²) >= 11 is 7.47. The number of thioether (sulfide) groups is 1. The maximum absolute atomic E-state index is 11.6. The number of rotatable bonds is 7. The number of aromatic amines is 1. The van der Waals surface area contributed by atoms with Crippen LogP contribution in [0.2, 0.25) is 5.02 Å². The molecule has 2 rings (SSSR count). The number of nitrogens with one attached hydrogen (secondary N) is 2. The summed E-state index contributed by atoms with van der Waals surface area (Å²) in [5, 5.41) is 10.1. The molecular weight excluding hydrogens is 296 g/mol. The Hall–Kier alpha value is -1.53. The van der Waals surface area contributed by atoms with Gasteiger partial charge in [0.2, 0.25) is 5.91 Å². The number of nitrogens with zero attached hydrogens (tertiary/aromatic N) is 2. The Labute approximate surface area is 126 Å². The van der Waals surface area contributed by atoms with E-state index in [1.54, 1.807) is 11.8 Å². The minimum absolute atomic E-state index is 0.0246. The molecular formula is C13H15ClN4OS. The van der Waals surface area contributed by atoms with Gasteiger partial charge in [0.25, 0.3) is 0 Å². The van der Waals surface area contributed by atoms with Gasteiger partial charge in [-0.2, -0.15) is 5.10 Å². The van der Waals surface area contributed by atoms with E-state index in [2.05, 4.69) is 20.5 Å². The number of aromatic nitrogens is 3. The minimum Gasteiger partial charge on any atom is -0.355 e. The smallest absolute Gasteiger partial charge is 0.230 e. The van der Waals surface area contributed by atoms with Crippen molar-refractivity contribution in [3.05, 3.63) is 47.0 Å². The van der Waals surface area contributed by atoms with Crippen LogP contribution in [0.5, 0.6) is 0 Å². The topological polar surface area (TPSA) is 70.7 Å². The second-order valence-electron chi connectivity index (χ2n) is 4.15. The number of hydrogen-bond acceptors (Lipinski definition) is 4. The first-order chi connectivity index (χ1) is 9.74. The summed E-state index contributed by atoms with van der Waals surface area (Å²) in [7, 11) is 0. The SMILES string of the molecule is O=C(CSCc1cccc(Cl)c1)NCCc1ncn[nH]1. The number of carbonyl (C=O) groups is 1. The number of benzene rings is 1. The molecule has 1 aromatic heterocycles. The Morgan fingerprint density at radius 3 is 3.10 bits per heavy atom. The molecule has 0 unspecified atom stereocenters. The Balaban J connectivity index is 1.60. The Morgan fingerprint density at radius 1 is 1.45 bits per heavy atom. The van der Waals surface area contributed by atoms with Crippen molar-refractivity contribution in [1.82, 2.24) is 20.5 Å². The van der Waals surface area contributed by atoms with E-state index in [4.69, 9.17) is 11.6 Å². The van der Waals surface area contributed by atoms with E-state index in [-0.39, 0.29) is 5.91 Å². The minimum atomic E-state index is 0.0246. The number of amides is 1. The molecule has 0 fully saturated rings. The third kappa shape index (κ3) is 5.22. The van der Waals surface area contributed by atoms with Gasteiger partial charge in [-0.25, -0.2) is 4.98 Å². The summed E-state index contributed by atoms with van der Waals surface area (Å²) in [4.78, 5) is 15.6. The fourth-order valence-corrected chi connectivity index (χ4v) is 2.63. The number of carbonyl (C=O) groups excluding carboxylic acids is 1. The molecule has 0 spiro atoms. The molecule has 5 nitrogen and oxygen atoms in total. The molecule has 0 aliphatic rings. The van der Waals surface area contributed by atoms with Crippen LogP contribution in [0.25, 0.3) is 0 Å². The molecule has 106 valence electrons. The van der Waals surface area contributed by atoms with E-state index in [0.29, 0.717) is 18.7 Å². The van der Waals surface area contributed by atoms with E-state index >= 15 is 0 Å². The van der Waals surface area contributed by atoms with E-state index in [0.717, 1.165) is 22.2 Å². The predicted molar refractivity (Wildman–Crippen MR) is 80.7 cm³/mol. The number of hydrogen-bond donors (Lipinski definition) is 2. The normalized spacial score (nSPS) is 10.4. The van der Waals surface area contributed by atoms with Crippen molar-refractivity contribution < 1.29 is 4.79 Å². The Kier molecular flexibility index (Phi) is 5.88. The van der Waals surface area contributed by atoms with Crippen LogP contribution in [0.15, 0.2) is 30.6 Å². The molecule has 7 heteroatoms. The highest BCUT2D eigenvalue weighted by Gasteiger charge is 2.03. The average Bonchev–Trinajstić information content (AvgIpc) is 2.92. The van der Waals surface area contributed by atoms with Crippen molar-refractivity contribution in [1.29, 1.82) is 0 Å². The van der Waals surface area contributed by atoms with Crippen LogP contribution in [-0.4, -0.2) is 33.4 Å². The van der Waals surface area contributed by atoms with E-state index in [1.807, 2.05) is 24.3 Å². The summed E-state index contributed by atoms with van der Waals surface area (Å²) in [6, 6.07) is 7.67. The summed E-state index contributed by atoms with van der Waals surface area (Å²) in [5.74, 6) is 2.01. The highest BCUT2D eigenvalue weighted by Crippen LogP contribution is 2.16. The molecule has 2 aromatic rings. The van der Waals surface area contributed by atoms with Crippen LogP contribution >= 0.6 is 23.4 Å². The lowest BCUT2D eigenvalue weighted by Gasteiger charge is -2.04. The molecule has 20 heavy (non-hydrogen) atoms. The first kappa shape index (κ1) is 14.9. The van der Waals surface area contributed by atoms with Gasteiger partial charge in [-0.15, -0.1) is 11.8 Å². The van der Waals surface area contributed by atoms with Gasteiger partial charge in [-0.1, -0.05) is 23.7 Å². The Bertz CT molecular complexity index is 547. The molecule has 1 aromatic carbocycles. The summed E-state index contributed by atoms with van der Waals surface area (Å²) in [5.41, 5.74) is 1.12. The van der Waals surface area contributed by atoms with Gasteiger partial charge in [0, 0.05) is 23.7 Å². The molecule has 0 atom stereocenters. The highest BCUT2D eigenvalue weighted by molar-refractivity contribution is 7.99. The summed E-state index contributed by atoms with van der Waals surface area (Å²) in [6.07, 6.45) is 2.11. The lowest BCUT2D eigenvalue weighted by Crippen LogP contribution is -2.27. The second kappa shape index (κ2) is 7.91. The van der Waals surface area contributed by atoms with Crippen LogP contribution in [0.4, 0.5) is 0 Å². The second-order valence-corrected chi connectivity index (χ2v) is 5.58. The van der Waals surface area contributed by atoms with Gasteiger partial charge in [0.05, 0.1) is 5.75 Å². The number of H-pyrrole nitrogens is 1. The van der Waals surface area contributed by atoms with E-state index in [1.165, 1.54) is 6.33 Å². The van der Waals surface area contributed by atoms with Crippen LogP contribution in [0, 0.1) is 0 Å². The highest BCUT2D eigenvalue weighted by atomic mass is 35.5. The van der Waals surface area contributed by atoms with Crippen LogP contribution in [0.1, 0.15) is 11.4 Å². The third-order valence-corrected chi connectivity index (χ3v) is 3.78. The van der Waals surface area contributed by atoms with Gasteiger partial charge >= 0.3 is 0 Å². The maximum atomic E-state index is 11.6. The molecule has 0 saturated heterocycles. The lowest BCUT2D eigenvalue weighted by molar-refractivity contribution is -0.118. The van der Waals surface area contributed by atoms with E-state index in [9.17, 15) is 4.79 Å². The van der Waals surface area contributed by atoms with Crippen LogP contribution in [0.3, 0.4) is 0 Å². The van der Waals surface area contributed by atoms with Crippen LogP contribution < -0.4 is 5.32 Å². The zero-order chi connectivity index (χ0) is 14.2. The molecule has 0 radical (unpaired) electrons. The molecule has 1 amide bonds. The van der Waals surface area contributed by atoms with Crippen LogP contribution in [-0.2, 0) is 17.0 Å². The zero-order valence-electron chi connectivity index (χ0n) is 10.8. The van der Waals surface area contributed by atoms with Gasteiger partial charge in [0.15, 0.2) is 0 Å². The van der Waals surface area contributed by atoms with Crippen molar-refractivity contribution in [2.45, 2.75) is 12.2 Å². The molecule has 1 heterocycles. The van der Waals surface area contributed by atoms with Crippen molar-refractivity contribution in [3.63, 3.8) is 0 Å². The predicted octanol–water partition coefficient (Wildman–Crippen LogP) is 2.05. The van der Waals surface area contributed by atoms with Gasteiger partial charge in [-0.3, -0.25) is 9.89 Å². The monoisotopic (exact) mass is 310 g/mol. The summed E-state index contributed by atoms with van der Waals surface area (Å²) < 4.78 is 0. The molecule has 0 saturated carbocycles. The van der Waals surface area contributed by atoms with Crippen molar-refractivity contribution in [2.75, 3.05) is 12.3 Å². The standard InChI is InChI=1S/C13H15ClN4OS/c14-11-3-1-2-10(6-11)7-20-8-13(19)15-5-4-12-16-9-17-18-12/h1-3,6,9H,4-5,7-8H2,(H,15,19)(H,16,17,18). The third-order valence-electron chi connectivity index (χ3n) is 2.54. The van der Waals surface area contributed by atoms with Gasteiger partial charge in [0.1, 0.15) is 12.2 Å². The average molecular weight is 311 g/mol. The largest absolute Gasteiger partial charge is 0.355 e. The molecule has 0 aliphatic heterocycles. The zero-order valence-corrected chi connectivity index (χ0v) is 12.4.